The average molecular weight is 693 g/mol. The lowest BCUT2D eigenvalue weighted by Crippen LogP contribution is -2.43. The lowest BCUT2D eigenvalue weighted by Gasteiger charge is -2.32. The first kappa shape index (κ1) is 31.3. The number of aromatic nitrogens is 2. The second kappa shape index (κ2) is 13.1. The SMILES string of the molecule is CN1CCN(Cc2ccc(NC(=O)c3sc4ncnc5c4c3NC(=O)N5c3cc(OCc4cccc(F)c4)c(Cl)cc3Cl)cc2)CC1. The van der Waals surface area contributed by atoms with Crippen molar-refractivity contribution in [2.75, 3.05) is 48.8 Å². The van der Waals surface area contributed by atoms with Gasteiger partial charge < -0.3 is 20.3 Å². The molecule has 0 bridgehead atoms. The molecule has 10 nitrogen and oxygen atoms in total. The highest BCUT2D eigenvalue weighted by molar-refractivity contribution is 7.21. The molecule has 2 N–H and O–H groups in total. The minimum absolute atomic E-state index is 0.0363. The van der Waals surface area contributed by atoms with Crippen molar-refractivity contribution in [2.45, 2.75) is 13.2 Å². The van der Waals surface area contributed by atoms with Gasteiger partial charge in [-0.05, 0) is 48.5 Å². The molecule has 2 aliphatic rings. The van der Waals surface area contributed by atoms with E-state index in [2.05, 4.69) is 37.4 Å². The van der Waals surface area contributed by atoms with Gasteiger partial charge in [0.1, 0.15) is 34.2 Å². The number of anilines is 4. The van der Waals surface area contributed by atoms with E-state index in [0.29, 0.717) is 27.2 Å². The van der Waals surface area contributed by atoms with Gasteiger partial charge in [0.2, 0.25) is 0 Å². The van der Waals surface area contributed by atoms with Gasteiger partial charge in [0.05, 0.1) is 26.8 Å². The number of halogens is 3. The van der Waals surface area contributed by atoms with Crippen LogP contribution in [0.4, 0.5) is 32.1 Å². The van der Waals surface area contributed by atoms with Gasteiger partial charge in [-0.25, -0.2) is 24.1 Å². The van der Waals surface area contributed by atoms with E-state index < -0.39 is 6.03 Å². The van der Waals surface area contributed by atoms with Gasteiger partial charge >= 0.3 is 6.03 Å². The maximum Gasteiger partial charge on any atom is 0.332 e. The van der Waals surface area contributed by atoms with Gasteiger partial charge in [0.25, 0.3) is 5.91 Å². The number of carbonyl (C=O) groups excluding carboxylic acids is 2. The van der Waals surface area contributed by atoms with Crippen molar-refractivity contribution in [2.24, 2.45) is 0 Å². The highest BCUT2D eigenvalue weighted by atomic mass is 35.5. The summed E-state index contributed by atoms with van der Waals surface area (Å²) in [5, 5.41) is 6.67. The summed E-state index contributed by atoms with van der Waals surface area (Å²) >= 11 is 14.2. The van der Waals surface area contributed by atoms with E-state index in [0.717, 1.165) is 44.1 Å². The van der Waals surface area contributed by atoms with Crippen LogP contribution in [-0.4, -0.2) is 64.9 Å². The molecule has 3 amide bonds. The van der Waals surface area contributed by atoms with Crippen LogP contribution in [0, 0.1) is 5.82 Å². The molecule has 0 saturated carbocycles. The summed E-state index contributed by atoms with van der Waals surface area (Å²) in [5.74, 6) is -0.287. The molecule has 0 radical (unpaired) electrons. The molecule has 240 valence electrons. The summed E-state index contributed by atoms with van der Waals surface area (Å²) < 4.78 is 19.6. The van der Waals surface area contributed by atoms with Crippen molar-refractivity contribution in [1.29, 1.82) is 0 Å². The van der Waals surface area contributed by atoms with Crippen LogP contribution in [0.25, 0.3) is 10.2 Å². The summed E-state index contributed by atoms with van der Waals surface area (Å²) in [5.41, 5.74) is 2.97. The molecular weight excluding hydrogens is 664 g/mol. The molecule has 2 aliphatic heterocycles. The van der Waals surface area contributed by atoms with Crippen molar-refractivity contribution in [3.8, 4) is 5.75 Å². The number of amides is 3. The molecule has 4 heterocycles. The maximum atomic E-state index is 13.7. The molecule has 0 unspecified atom stereocenters. The standard InChI is InChI=1S/C33H28Cl2FN7O3S/c1-41-9-11-42(12-10-41)16-19-5-7-22(8-6-19)39-31(44)29-28-27-30(37-18-38-32(27)47-29)43(33(45)40-28)25-15-26(24(35)14-23(25)34)46-17-20-3-2-4-21(36)13-20/h2-8,13-15,18H,9-12,16-17H2,1H3,(H,39,44)(H,40,45). The lowest BCUT2D eigenvalue weighted by atomic mass is 10.1. The van der Waals surface area contributed by atoms with Gasteiger partial charge in [-0.3, -0.25) is 9.69 Å². The Labute approximate surface area is 283 Å². The second-order valence-corrected chi connectivity index (χ2v) is 13.1. The van der Waals surface area contributed by atoms with Crippen LogP contribution in [-0.2, 0) is 13.2 Å². The van der Waals surface area contributed by atoms with E-state index in [1.54, 1.807) is 12.1 Å². The largest absolute Gasteiger partial charge is 0.487 e. The van der Waals surface area contributed by atoms with Crippen LogP contribution >= 0.6 is 34.5 Å². The molecule has 0 spiro atoms. The zero-order valence-electron chi connectivity index (χ0n) is 25.1. The number of thiophene rings is 1. The summed E-state index contributed by atoms with van der Waals surface area (Å²) in [7, 11) is 2.13. The fourth-order valence-electron chi connectivity index (χ4n) is 5.58. The number of nitrogens with zero attached hydrogens (tertiary/aromatic N) is 5. The minimum atomic E-state index is -0.585. The van der Waals surface area contributed by atoms with E-state index in [1.807, 2.05) is 24.3 Å². The molecule has 0 aliphatic carbocycles. The first-order valence-corrected chi connectivity index (χ1v) is 16.4. The van der Waals surface area contributed by atoms with Crippen LogP contribution in [0.3, 0.4) is 0 Å². The maximum absolute atomic E-state index is 13.7. The number of nitrogens with one attached hydrogen (secondary N) is 2. The first-order valence-electron chi connectivity index (χ1n) is 14.8. The van der Waals surface area contributed by atoms with E-state index in [1.165, 1.54) is 41.1 Å². The molecule has 2 aromatic heterocycles. The summed E-state index contributed by atoms with van der Waals surface area (Å²) in [6.45, 7) is 5.03. The summed E-state index contributed by atoms with van der Waals surface area (Å²) in [6.07, 6.45) is 1.33. The van der Waals surface area contributed by atoms with Crippen LogP contribution in [0.5, 0.6) is 5.75 Å². The first-order chi connectivity index (χ1) is 22.7. The average Bonchev–Trinajstić information content (AvgIpc) is 3.43. The normalized spacial score (nSPS) is 15.1. The molecule has 47 heavy (non-hydrogen) atoms. The molecule has 14 heteroatoms. The van der Waals surface area contributed by atoms with Crippen molar-refractivity contribution in [1.82, 2.24) is 19.8 Å². The highest BCUT2D eigenvalue weighted by Crippen LogP contribution is 2.47. The minimum Gasteiger partial charge on any atom is -0.487 e. The van der Waals surface area contributed by atoms with E-state index in [-0.39, 0.29) is 50.5 Å². The van der Waals surface area contributed by atoms with Gasteiger partial charge in [-0.2, -0.15) is 0 Å². The van der Waals surface area contributed by atoms with E-state index >= 15 is 0 Å². The quantitative estimate of drug-likeness (QED) is 0.175. The van der Waals surface area contributed by atoms with Crippen molar-refractivity contribution in [3.63, 3.8) is 0 Å². The highest BCUT2D eigenvalue weighted by Gasteiger charge is 2.35. The summed E-state index contributed by atoms with van der Waals surface area (Å²) in [4.78, 5) is 42.8. The Hall–Kier alpha value is -4.33. The third-order valence-corrected chi connectivity index (χ3v) is 9.76. The molecular formula is C33H28Cl2FN7O3S. The van der Waals surface area contributed by atoms with Crippen molar-refractivity contribution >= 4 is 79.6 Å². The van der Waals surface area contributed by atoms with Crippen molar-refractivity contribution in [3.05, 3.63) is 98.9 Å². The van der Waals surface area contributed by atoms with Gasteiger partial charge in [-0.15, -0.1) is 11.3 Å². The van der Waals surface area contributed by atoms with Crippen LogP contribution in [0.15, 0.2) is 67.0 Å². The molecule has 0 atom stereocenters. The number of carbonyl (C=O) groups is 2. The second-order valence-electron chi connectivity index (χ2n) is 11.3. The summed E-state index contributed by atoms with van der Waals surface area (Å²) in [6, 6.07) is 16.2. The Morgan fingerprint density at radius 3 is 2.57 bits per heavy atom. The number of urea groups is 1. The zero-order chi connectivity index (χ0) is 32.7. The topological polar surface area (TPSA) is 103 Å². The number of likely N-dealkylation sites (N-methyl/N-ethyl adjacent to an activating group) is 1. The number of ether oxygens (including phenoxy) is 1. The number of rotatable bonds is 8. The zero-order valence-corrected chi connectivity index (χ0v) is 27.4. The Balaban J connectivity index is 1.13. The van der Waals surface area contributed by atoms with Crippen LogP contribution in [0.1, 0.15) is 20.8 Å². The Kier molecular flexibility index (Phi) is 8.69. The van der Waals surface area contributed by atoms with Gasteiger partial charge in [0, 0.05) is 44.5 Å². The van der Waals surface area contributed by atoms with E-state index in [4.69, 9.17) is 27.9 Å². The molecule has 1 saturated heterocycles. The predicted molar refractivity (Wildman–Crippen MR) is 183 cm³/mol. The number of hydrogen-bond donors (Lipinski definition) is 2. The monoisotopic (exact) mass is 691 g/mol. The Morgan fingerprint density at radius 2 is 1.81 bits per heavy atom. The molecule has 5 aromatic rings. The smallest absolute Gasteiger partial charge is 0.332 e. The Morgan fingerprint density at radius 1 is 1.02 bits per heavy atom. The van der Waals surface area contributed by atoms with Crippen LogP contribution < -0.4 is 20.3 Å². The van der Waals surface area contributed by atoms with Crippen LogP contribution in [0.2, 0.25) is 10.0 Å². The number of piperazine rings is 1. The predicted octanol–water partition coefficient (Wildman–Crippen LogP) is 7.40. The Bertz CT molecular complexity index is 2000. The fourth-order valence-corrected chi connectivity index (χ4v) is 7.09. The molecule has 1 fully saturated rings. The molecule has 3 aromatic carbocycles. The molecule has 7 rings (SSSR count). The van der Waals surface area contributed by atoms with Gasteiger partial charge in [-0.1, -0.05) is 47.5 Å². The number of benzene rings is 3. The fraction of sp³-hybridized carbons (Fsp3) is 0.212. The third-order valence-electron chi connectivity index (χ3n) is 8.06. The van der Waals surface area contributed by atoms with E-state index in [9.17, 15) is 14.0 Å². The number of hydrogen-bond acceptors (Lipinski definition) is 8. The van der Waals surface area contributed by atoms with Gasteiger partial charge in [0.15, 0.2) is 5.82 Å². The van der Waals surface area contributed by atoms with Crippen molar-refractivity contribution < 1.29 is 18.7 Å². The lowest BCUT2D eigenvalue weighted by molar-refractivity contribution is 0.103. The third kappa shape index (κ3) is 6.47.